The van der Waals surface area contributed by atoms with Crippen molar-refractivity contribution in [2.45, 2.75) is 26.4 Å². The van der Waals surface area contributed by atoms with E-state index in [1.807, 2.05) is 25.1 Å². The SMILES string of the molecule is CCc1ccc2nc(C)cc(C(=O)NC[C@@H](O)c3ccc(O)cc3)c2c1. The molecule has 5 heteroatoms. The number of rotatable bonds is 5. The number of aryl methyl sites for hydroxylation is 2. The molecule has 0 fully saturated rings. The number of phenolic OH excluding ortho intramolecular Hbond substituents is 1. The summed E-state index contributed by atoms with van der Waals surface area (Å²) in [6.45, 7) is 4.01. The monoisotopic (exact) mass is 350 g/mol. The number of hydrogen-bond donors (Lipinski definition) is 3. The van der Waals surface area contributed by atoms with E-state index < -0.39 is 6.10 Å². The Kier molecular flexibility index (Phi) is 5.19. The van der Waals surface area contributed by atoms with Crippen LogP contribution in [0.1, 0.15) is 40.2 Å². The molecular weight excluding hydrogens is 328 g/mol. The number of phenols is 1. The summed E-state index contributed by atoms with van der Waals surface area (Å²) in [5, 5.41) is 23.2. The van der Waals surface area contributed by atoms with E-state index in [-0.39, 0.29) is 18.2 Å². The Hall–Kier alpha value is -2.92. The average Bonchev–Trinajstić information content (AvgIpc) is 2.65. The van der Waals surface area contributed by atoms with Crippen LogP contribution < -0.4 is 5.32 Å². The van der Waals surface area contributed by atoms with Gasteiger partial charge >= 0.3 is 0 Å². The molecule has 2 aromatic carbocycles. The molecule has 26 heavy (non-hydrogen) atoms. The largest absolute Gasteiger partial charge is 0.508 e. The van der Waals surface area contributed by atoms with Gasteiger partial charge in [-0.15, -0.1) is 0 Å². The summed E-state index contributed by atoms with van der Waals surface area (Å²) in [5.41, 5.74) is 3.88. The molecule has 1 amide bonds. The molecule has 0 unspecified atom stereocenters. The fourth-order valence-electron chi connectivity index (χ4n) is 2.91. The molecule has 1 atom stereocenters. The van der Waals surface area contributed by atoms with Crippen molar-refractivity contribution in [3.8, 4) is 5.75 Å². The molecule has 1 heterocycles. The molecule has 0 saturated heterocycles. The second-order valence-electron chi connectivity index (χ2n) is 6.33. The average molecular weight is 350 g/mol. The lowest BCUT2D eigenvalue weighted by molar-refractivity contribution is 0.0917. The highest BCUT2D eigenvalue weighted by atomic mass is 16.3. The number of aromatic nitrogens is 1. The number of aliphatic hydroxyl groups is 1. The van der Waals surface area contributed by atoms with Crippen LogP contribution in [-0.4, -0.2) is 27.6 Å². The fourth-order valence-corrected chi connectivity index (χ4v) is 2.91. The standard InChI is InChI=1S/C21H22N2O3/c1-3-14-4-9-19-17(11-14)18(10-13(2)23-19)21(26)22-12-20(25)15-5-7-16(24)8-6-15/h4-11,20,24-25H,3,12H2,1-2H3,(H,22,26)/t20-/m1/s1. The zero-order valence-electron chi connectivity index (χ0n) is 14.9. The maximum Gasteiger partial charge on any atom is 0.252 e. The van der Waals surface area contributed by atoms with Gasteiger partial charge in [-0.1, -0.05) is 25.1 Å². The number of carbonyl (C=O) groups excluding carboxylic acids is 1. The Morgan fingerprint density at radius 3 is 2.58 bits per heavy atom. The molecule has 0 radical (unpaired) electrons. The summed E-state index contributed by atoms with van der Waals surface area (Å²) >= 11 is 0. The second kappa shape index (κ2) is 7.54. The van der Waals surface area contributed by atoms with Crippen LogP contribution in [-0.2, 0) is 6.42 Å². The lowest BCUT2D eigenvalue weighted by Crippen LogP contribution is -2.28. The second-order valence-corrected chi connectivity index (χ2v) is 6.33. The molecule has 134 valence electrons. The molecule has 3 rings (SSSR count). The van der Waals surface area contributed by atoms with E-state index in [2.05, 4.69) is 17.2 Å². The molecule has 0 aliphatic heterocycles. The smallest absolute Gasteiger partial charge is 0.252 e. The Morgan fingerprint density at radius 2 is 1.88 bits per heavy atom. The van der Waals surface area contributed by atoms with Gasteiger partial charge in [-0.2, -0.15) is 0 Å². The third-order valence-corrected chi connectivity index (χ3v) is 4.39. The number of hydrogen-bond acceptors (Lipinski definition) is 4. The van der Waals surface area contributed by atoms with Crippen LogP contribution in [0.5, 0.6) is 5.75 Å². The number of aromatic hydroxyl groups is 1. The van der Waals surface area contributed by atoms with Crippen molar-refractivity contribution in [2.75, 3.05) is 6.54 Å². The number of carbonyl (C=O) groups is 1. The van der Waals surface area contributed by atoms with E-state index in [1.165, 1.54) is 12.1 Å². The molecule has 3 N–H and O–H groups in total. The summed E-state index contributed by atoms with van der Waals surface area (Å²) in [6, 6.07) is 14.0. The van der Waals surface area contributed by atoms with E-state index >= 15 is 0 Å². The summed E-state index contributed by atoms with van der Waals surface area (Å²) in [6.07, 6.45) is 0.0321. The van der Waals surface area contributed by atoms with Crippen LogP contribution in [0.2, 0.25) is 0 Å². The van der Waals surface area contributed by atoms with Crippen LogP contribution in [0, 0.1) is 6.92 Å². The molecule has 0 saturated carbocycles. The number of nitrogens with zero attached hydrogens (tertiary/aromatic N) is 1. The molecule has 3 aromatic rings. The predicted molar refractivity (Wildman–Crippen MR) is 101 cm³/mol. The highest BCUT2D eigenvalue weighted by Gasteiger charge is 2.15. The summed E-state index contributed by atoms with van der Waals surface area (Å²) in [5.74, 6) is -0.109. The van der Waals surface area contributed by atoms with Gasteiger partial charge in [-0.25, -0.2) is 0 Å². The minimum atomic E-state index is -0.847. The van der Waals surface area contributed by atoms with Gasteiger partial charge in [0, 0.05) is 17.6 Å². The third kappa shape index (κ3) is 3.83. The van der Waals surface area contributed by atoms with E-state index in [0.29, 0.717) is 11.1 Å². The van der Waals surface area contributed by atoms with Gasteiger partial charge in [0.05, 0.1) is 17.2 Å². The van der Waals surface area contributed by atoms with Crippen molar-refractivity contribution < 1.29 is 15.0 Å². The van der Waals surface area contributed by atoms with E-state index in [4.69, 9.17) is 0 Å². The van der Waals surface area contributed by atoms with Gasteiger partial charge in [0.1, 0.15) is 5.75 Å². The van der Waals surface area contributed by atoms with Gasteiger partial charge in [0.2, 0.25) is 0 Å². The Morgan fingerprint density at radius 1 is 1.15 bits per heavy atom. The molecule has 0 aliphatic rings. The third-order valence-electron chi connectivity index (χ3n) is 4.39. The number of fused-ring (bicyclic) bond motifs is 1. The highest BCUT2D eigenvalue weighted by molar-refractivity contribution is 6.06. The first-order valence-electron chi connectivity index (χ1n) is 8.63. The Labute approximate surface area is 152 Å². The maximum absolute atomic E-state index is 12.7. The minimum absolute atomic E-state index is 0.0833. The summed E-state index contributed by atoms with van der Waals surface area (Å²) in [7, 11) is 0. The van der Waals surface area contributed by atoms with Crippen molar-refractivity contribution in [1.82, 2.24) is 10.3 Å². The summed E-state index contributed by atoms with van der Waals surface area (Å²) in [4.78, 5) is 17.2. The van der Waals surface area contributed by atoms with Crippen LogP contribution in [0.25, 0.3) is 10.9 Å². The van der Waals surface area contributed by atoms with Gasteiger partial charge in [0.15, 0.2) is 0 Å². The zero-order chi connectivity index (χ0) is 18.7. The van der Waals surface area contributed by atoms with Crippen molar-refractivity contribution >= 4 is 16.8 Å². The summed E-state index contributed by atoms with van der Waals surface area (Å²) < 4.78 is 0. The lowest BCUT2D eigenvalue weighted by atomic mass is 10.0. The van der Waals surface area contributed by atoms with Crippen molar-refractivity contribution in [2.24, 2.45) is 0 Å². The van der Waals surface area contributed by atoms with Crippen molar-refractivity contribution in [3.05, 3.63) is 70.9 Å². The van der Waals surface area contributed by atoms with E-state index in [9.17, 15) is 15.0 Å². The Balaban J connectivity index is 1.82. The van der Waals surface area contributed by atoms with Gasteiger partial charge in [-0.05, 0) is 54.8 Å². The van der Waals surface area contributed by atoms with Gasteiger partial charge in [-0.3, -0.25) is 9.78 Å². The van der Waals surface area contributed by atoms with Crippen LogP contribution in [0.3, 0.4) is 0 Å². The van der Waals surface area contributed by atoms with Gasteiger partial charge < -0.3 is 15.5 Å². The molecule has 1 aromatic heterocycles. The lowest BCUT2D eigenvalue weighted by Gasteiger charge is -2.14. The number of nitrogens with one attached hydrogen (secondary N) is 1. The minimum Gasteiger partial charge on any atom is -0.508 e. The first-order chi connectivity index (χ1) is 12.5. The highest BCUT2D eigenvalue weighted by Crippen LogP contribution is 2.21. The normalized spacial score (nSPS) is 12.1. The quantitative estimate of drug-likeness (QED) is 0.659. The number of benzene rings is 2. The van der Waals surface area contributed by atoms with Crippen LogP contribution in [0.15, 0.2) is 48.5 Å². The first kappa shape index (κ1) is 17.9. The van der Waals surface area contributed by atoms with Crippen LogP contribution in [0.4, 0.5) is 0 Å². The molecule has 5 nitrogen and oxygen atoms in total. The number of aliphatic hydroxyl groups excluding tert-OH is 1. The predicted octanol–water partition coefficient (Wildman–Crippen LogP) is 3.27. The van der Waals surface area contributed by atoms with Gasteiger partial charge in [0.25, 0.3) is 5.91 Å². The van der Waals surface area contributed by atoms with Crippen LogP contribution >= 0.6 is 0 Å². The van der Waals surface area contributed by atoms with E-state index in [0.717, 1.165) is 28.6 Å². The molecule has 0 bridgehead atoms. The van der Waals surface area contributed by atoms with E-state index in [1.54, 1.807) is 18.2 Å². The molecular formula is C21H22N2O3. The first-order valence-corrected chi connectivity index (χ1v) is 8.63. The van der Waals surface area contributed by atoms with Crippen molar-refractivity contribution in [1.29, 1.82) is 0 Å². The zero-order valence-corrected chi connectivity index (χ0v) is 14.9. The topological polar surface area (TPSA) is 82.5 Å². The molecule has 0 aliphatic carbocycles. The fraction of sp³-hybridized carbons (Fsp3) is 0.238. The van der Waals surface area contributed by atoms with Crippen molar-refractivity contribution in [3.63, 3.8) is 0 Å². The number of amides is 1. The molecule has 0 spiro atoms. The maximum atomic E-state index is 12.7. The number of pyridine rings is 1. The Bertz CT molecular complexity index is 936.